The number of carbonyl (C=O) groups is 2. The predicted molar refractivity (Wildman–Crippen MR) is 123 cm³/mol. The van der Waals surface area contributed by atoms with E-state index in [1.165, 1.54) is 0 Å². The van der Waals surface area contributed by atoms with E-state index in [1.54, 1.807) is 36.0 Å². The number of benzene rings is 3. The van der Waals surface area contributed by atoms with Gasteiger partial charge in [0.25, 0.3) is 5.91 Å². The lowest BCUT2D eigenvalue weighted by Crippen LogP contribution is -2.18. The number of nitrogens with zero attached hydrogens (tertiary/aromatic N) is 1. The van der Waals surface area contributed by atoms with Crippen molar-refractivity contribution in [1.82, 2.24) is 5.48 Å². The molecule has 0 aliphatic heterocycles. The fraction of sp³-hybridized carbons (Fsp3) is 0.160. The van der Waals surface area contributed by atoms with Crippen LogP contribution in [0.5, 0.6) is 0 Å². The van der Waals surface area contributed by atoms with E-state index in [2.05, 4.69) is 10.3 Å². The first-order valence-corrected chi connectivity index (χ1v) is 10.0. The molecule has 1 atom stereocenters. The molecule has 0 bridgehead atoms. The van der Waals surface area contributed by atoms with Gasteiger partial charge < -0.3 is 5.32 Å². The number of hydrogen-bond donors (Lipinski definition) is 3. The maximum atomic E-state index is 12.5. The van der Waals surface area contributed by atoms with Gasteiger partial charge in [0.1, 0.15) is 0 Å². The Bertz CT molecular complexity index is 1060. The van der Waals surface area contributed by atoms with E-state index in [0.717, 1.165) is 16.7 Å². The van der Waals surface area contributed by atoms with Crippen LogP contribution < -0.4 is 10.8 Å². The average molecular weight is 415 g/mol. The summed E-state index contributed by atoms with van der Waals surface area (Å²) in [6.07, 6.45) is 1.63. The van der Waals surface area contributed by atoms with Crippen LogP contribution in [-0.2, 0) is 0 Å². The summed E-state index contributed by atoms with van der Waals surface area (Å²) in [5.41, 5.74) is 5.51. The second-order valence-corrected chi connectivity index (χ2v) is 7.45. The number of para-hydroxylation sites is 1. The molecule has 0 fully saturated rings. The van der Waals surface area contributed by atoms with Crippen molar-refractivity contribution in [1.29, 1.82) is 0 Å². The van der Waals surface area contributed by atoms with Crippen molar-refractivity contribution >= 4 is 23.8 Å². The highest BCUT2D eigenvalue weighted by Crippen LogP contribution is 2.28. The van der Waals surface area contributed by atoms with E-state index in [0.29, 0.717) is 11.3 Å². The van der Waals surface area contributed by atoms with Crippen LogP contribution in [0.1, 0.15) is 35.7 Å². The van der Waals surface area contributed by atoms with E-state index in [-0.39, 0.29) is 11.8 Å². The zero-order valence-electron chi connectivity index (χ0n) is 17.4. The third-order valence-electron chi connectivity index (χ3n) is 4.98. The third kappa shape index (κ3) is 5.65. The standard InChI is InChI=1S/C25H25N3O3/c1-17(2)22(19-12-14-20(15-13-19)24(29)28-31)16-26-25(30)27-23-11-7-6-10-21(23)18-8-4-3-5-9-18/h3-17,22,31H,1-2H3,(H,27,30)(H,28,29). The number of nitrogens with one attached hydrogen (secondary N) is 2. The summed E-state index contributed by atoms with van der Waals surface area (Å²) in [4.78, 5) is 28.2. The number of anilines is 1. The molecular weight excluding hydrogens is 390 g/mol. The van der Waals surface area contributed by atoms with Crippen molar-refractivity contribution in [2.45, 2.75) is 19.8 Å². The molecule has 158 valence electrons. The minimum atomic E-state index is -0.572. The number of aliphatic imine (C=N–C) groups is 1. The van der Waals surface area contributed by atoms with Crippen molar-refractivity contribution in [2.24, 2.45) is 10.9 Å². The summed E-state index contributed by atoms with van der Waals surface area (Å²) in [5.74, 6) is -0.496. The fourth-order valence-corrected chi connectivity index (χ4v) is 3.32. The molecule has 0 aliphatic carbocycles. The monoisotopic (exact) mass is 415 g/mol. The minimum absolute atomic E-state index is 0.110. The molecule has 3 N–H and O–H groups in total. The van der Waals surface area contributed by atoms with Crippen LogP contribution in [0.25, 0.3) is 11.1 Å². The van der Waals surface area contributed by atoms with Gasteiger partial charge in [0, 0.05) is 23.3 Å². The van der Waals surface area contributed by atoms with Gasteiger partial charge in [0.05, 0.1) is 5.69 Å². The van der Waals surface area contributed by atoms with Crippen LogP contribution in [0.2, 0.25) is 0 Å². The maximum absolute atomic E-state index is 12.5. The number of hydroxylamine groups is 1. The topological polar surface area (TPSA) is 90.8 Å². The fourth-order valence-electron chi connectivity index (χ4n) is 3.32. The van der Waals surface area contributed by atoms with Gasteiger partial charge in [-0.15, -0.1) is 0 Å². The molecular formula is C25H25N3O3. The van der Waals surface area contributed by atoms with Gasteiger partial charge in [0.15, 0.2) is 0 Å². The molecule has 0 spiro atoms. The highest BCUT2D eigenvalue weighted by atomic mass is 16.5. The highest BCUT2D eigenvalue weighted by Gasteiger charge is 2.15. The third-order valence-corrected chi connectivity index (χ3v) is 4.98. The molecule has 1 unspecified atom stereocenters. The molecule has 3 rings (SSSR count). The van der Waals surface area contributed by atoms with Gasteiger partial charge >= 0.3 is 6.03 Å². The zero-order chi connectivity index (χ0) is 22.2. The summed E-state index contributed by atoms with van der Waals surface area (Å²) in [5, 5.41) is 11.6. The van der Waals surface area contributed by atoms with Crippen molar-refractivity contribution in [3.05, 3.63) is 90.0 Å². The molecule has 6 nitrogen and oxygen atoms in total. The van der Waals surface area contributed by atoms with Crippen molar-refractivity contribution < 1.29 is 14.8 Å². The van der Waals surface area contributed by atoms with Crippen LogP contribution in [0, 0.1) is 5.92 Å². The first-order chi connectivity index (χ1) is 15.0. The number of urea groups is 1. The van der Waals surface area contributed by atoms with Crippen LogP contribution in [0.15, 0.2) is 83.9 Å². The normalized spacial score (nSPS) is 12.0. The van der Waals surface area contributed by atoms with Gasteiger partial charge in [-0.2, -0.15) is 0 Å². The Kier molecular flexibility index (Phi) is 7.30. The molecule has 0 saturated carbocycles. The second kappa shape index (κ2) is 10.3. The Morgan fingerprint density at radius 2 is 1.55 bits per heavy atom. The minimum Gasteiger partial charge on any atom is -0.305 e. The number of rotatable bonds is 6. The molecule has 0 heterocycles. The largest absolute Gasteiger partial charge is 0.345 e. The van der Waals surface area contributed by atoms with Crippen LogP contribution >= 0.6 is 0 Å². The van der Waals surface area contributed by atoms with E-state index in [4.69, 9.17) is 5.21 Å². The van der Waals surface area contributed by atoms with E-state index in [1.807, 2.05) is 68.4 Å². The Morgan fingerprint density at radius 1 is 0.903 bits per heavy atom. The number of amides is 3. The summed E-state index contributed by atoms with van der Waals surface area (Å²) in [7, 11) is 0. The lowest BCUT2D eigenvalue weighted by atomic mass is 9.89. The highest BCUT2D eigenvalue weighted by molar-refractivity contribution is 5.98. The first kappa shape index (κ1) is 21.9. The van der Waals surface area contributed by atoms with E-state index in [9.17, 15) is 9.59 Å². The van der Waals surface area contributed by atoms with Gasteiger partial charge in [-0.25, -0.2) is 15.3 Å². The van der Waals surface area contributed by atoms with Crippen LogP contribution in [-0.4, -0.2) is 23.4 Å². The molecule has 0 aromatic heterocycles. The summed E-state index contributed by atoms with van der Waals surface area (Å²) < 4.78 is 0. The second-order valence-electron chi connectivity index (χ2n) is 7.45. The molecule has 31 heavy (non-hydrogen) atoms. The van der Waals surface area contributed by atoms with E-state index < -0.39 is 11.9 Å². The van der Waals surface area contributed by atoms with Gasteiger partial charge in [-0.05, 0) is 35.2 Å². The van der Waals surface area contributed by atoms with Crippen LogP contribution in [0.3, 0.4) is 0 Å². The molecule has 0 saturated heterocycles. The molecule has 3 aromatic carbocycles. The lowest BCUT2D eigenvalue weighted by Gasteiger charge is -2.17. The Hall–Kier alpha value is -3.77. The van der Waals surface area contributed by atoms with Gasteiger partial charge in [-0.1, -0.05) is 74.5 Å². The Labute approximate surface area is 181 Å². The lowest BCUT2D eigenvalue weighted by molar-refractivity contribution is 0.0706. The summed E-state index contributed by atoms with van der Waals surface area (Å²) >= 11 is 0. The Balaban J connectivity index is 1.76. The Morgan fingerprint density at radius 3 is 2.19 bits per heavy atom. The van der Waals surface area contributed by atoms with Gasteiger partial charge in [0.2, 0.25) is 0 Å². The summed E-state index contributed by atoms with van der Waals surface area (Å²) in [6, 6.07) is 23.8. The molecule has 3 aromatic rings. The van der Waals surface area contributed by atoms with Crippen molar-refractivity contribution in [3.8, 4) is 11.1 Å². The molecule has 0 radical (unpaired) electrons. The smallest absolute Gasteiger partial charge is 0.305 e. The SMILES string of the molecule is CC(C)C(C=NC(=O)Nc1ccccc1-c1ccccc1)c1ccc(C(=O)NO)cc1. The quantitative estimate of drug-likeness (QED) is 0.281. The number of carbonyl (C=O) groups excluding carboxylic acids is 2. The van der Waals surface area contributed by atoms with Crippen LogP contribution in [0.4, 0.5) is 10.5 Å². The maximum Gasteiger partial charge on any atom is 0.345 e. The van der Waals surface area contributed by atoms with E-state index >= 15 is 0 Å². The molecule has 6 heteroatoms. The van der Waals surface area contributed by atoms with Crippen molar-refractivity contribution in [2.75, 3.05) is 5.32 Å². The van der Waals surface area contributed by atoms with Gasteiger partial charge in [-0.3, -0.25) is 10.0 Å². The summed E-state index contributed by atoms with van der Waals surface area (Å²) in [6.45, 7) is 4.07. The molecule has 0 aliphatic rings. The number of hydrogen-bond acceptors (Lipinski definition) is 3. The average Bonchev–Trinajstić information content (AvgIpc) is 2.80. The predicted octanol–water partition coefficient (Wildman–Crippen LogP) is 5.52. The zero-order valence-corrected chi connectivity index (χ0v) is 17.4. The molecule has 3 amide bonds. The first-order valence-electron chi connectivity index (χ1n) is 10.0. The van der Waals surface area contributed by atoms with Crippen molar-refractivity contribution in [3.63, 3.8) is 0 Å².